The zero-order chi connectivity index (χ0) is 17.2. The van der Waals surface area contributed by atoms with Crippen LogP contribution in [-0.4, -0.2) is 13.1 Å². The summed E-state index contributed by atoms with van der Waals surface area (Å²) in [5, 5.41) is 0. The molecule has 0 radical (unpaired) electrons. The topological polar surface area (TPSA) is 104 Å². The summed E-state index contributed by atoms with van der Waals surface area (Å²) >= 11 is 0. The van der Waals surface area contributed by atoms with Crippen LogP contribution in [0.3, 0.4) is 0 Å². The molecule has 0 saturated heterocycles. The fourth-order valence-corrected chi connectivity index (χ4v) is 3.19. The monoisotopic (exact) mass is 320 g/mol. The molecular formula is C20H24N4. The molecule has 24 heavy (non-hydrogen) atoms. The van der Waals surface area contributed by atoms with E-state index in [0.717, 1.165) is 22.5 Å². The molecule has 1 aliphatic carbocycles. The van der Waals surface area contributed by atoms with Crippen molar-refractivity contribution in [1.29, 1.82) is 0 Å². The first-order chi connectivity index (χ1) is 11.5. The van der Waals surface area contributed by atoms with Crippen LogP contribution >= 0.6 is 0 Å². The van der Waals surface area contributed by atoms with Crippen molar-refractivity contribution in [3.8, 4) is 0 Å². The second-order valence-corrected chi connectivity index (χ2v) is 6.40. The number of hydrogen-bond acceptors (Lipinski definition) is 4. The number of anilines is 2. The third kappa shape index (κ3) is 2.70. The van der Waals surface area contributed by atoms with Gasteiger partial charge in [0.15, 0.2) is 0 Å². The lowest BCUT2D eigenvalue weighted by Gasteiger charge is -2.36. The quantitative estimate of drug-likeness (QED) is 0.511. The van der Waals surface area contributed by atoms with E-state index in [2.05, 4.69) is 24.3 Å². The van der Waals surface area contributed by atoms with Crippen molar-refractivity contribution in [2.75, 3.05) is 24.6 Å². The number of hydrogen-bond donors (Lipinski definition) is 4. The third-order valence-electron chi connectivity index (χ3n) is 4.93. The van der Waals surface area contributed by atoms with Gasteiger partial charge in [-0.05, 0) is 35.4 Å². The van der Waals surface area contributed by atoms with E-state index in [1.165, 1.54) is 0 Å². The predicted octanol–water partition coefficient (Wildman–Crippen LogP) is 2.07. The first kappa shape index (κ1) is 16.3. The minimum Gasteiger partial charge on any atom is -0.399 e. The average molecular weight is 320 g/mol. The van der Waals surface area contributed by atoms with Crippen LogP contribution in [0.5, 0.6) is 0 Å². The van der Waals surface area contributed by atoms with Gasteiger partial charge in [-0.1, -0.05) is 48.6 Å². The second-order valence-electron chi connectivity index (χ2n) is 6.40. The van der Waals surface area contributed by atoms with E-state index >= 15 is 0 Å². The molecule has 0 aromatic heterocycles. The maximum Gasteiger partial charge on any atom is 0.0435 e. The Morgan fingerprint density at radius 3 is 1.08 bits per heavy atom. The smallest absolute Gasteiger partial charge is 0.0435 e. The molecule has 3 rings (SSSR count). The Morgan fingerprint density at radius 1 is 0.542 bits per heavy atom. The molecule has 2 aromatic carbocycles. The zero-order valence-corrected chi connectivity index (χ0v) is 13.7. The van der Waals surface area contributed by atoms with Crippen LogP contribution in [0.2, 0.25) is 0 Å². The lowest BCUT2D eigenvalue weighted by atomic mass is 9.69. The molecule has 0 bridgehead atoms. The first-order valence-electron chi connectivity index (χ1n) is 8.07. The predicted molar refractivity (Wildman–Crippen MR) is 101 cm³/mol. The first-order valence-corrected chi connectivity index (χ1v) is 8.07. The van der Waals surface area contributed by atoms with Gasteiger partial charge in [-0.15, -0.1) is 0 Å². The molecule has 1 aliphatic rings. The molecule has 8 N–H and O–H groups in total. The normalized spacial score (nSPS) is 25.8. The summed E-state index contributed by atoms with van der Waals surface area (Å²) in [6.07, 6.45) is 8.62. The summed E-state index contributed by atoms with van der Waals surface area (Å²) in [6.45, 7) is 0.957. The zero-order valence-electron chi connectivity index (χ0n) is 13.7. The summed E-state index contributed by atoms with van der Waals surface area (Å²) < 4.78 is 0. The highest BCUT2D eigenvalue weighted by molar-refractivity contribution is 5.52. The van der Waals surface area contributed by atoms with Crippen LogP contribution in [0.15, 0.2) is 72.8 Å². The van der Waals surface area contributed by atoms with E-state index in [9.17, 15) is 0 Å². The minimum absolute atomic E-state index is 0.333. The van der Waals surface area contributed by atoms with E-state index in [1.54, 1.807) is 0 Å². The van der Waals surface area contributed by atoms with Crippen LogP contribution in [0.1, 0.15) is 11.1 Å². The largest absolute Gasteiger partial charge is 0.399 e. The third-order valence-corrected chi connectivity index (χ3v) is 4.93. The lowest BCUT2D eigenvalue weighted by Crippen LogP contribution is -2.39. The SMILES string of the molecule is NCC1(c2ccc(N)cc2)C=CC(CN)(c2ccc(N)cc2)C=C1. The van der Waals surface area contributed by atoms with Crippen molar-refractivity contribution in [2.24, 2.45) is 11.5 Å². The minimum atomic E-state index is -0.333. The Hall–Kier alpha value is -2.56. The van der Waals surface area contributed by atoms with Gasteiger partial charge in [0.05, 0.1) is 0 Å². The van der Waals surface area contributed by atoms with Gasteiger partial charge < -0.3 is 22.9 Å². The summed E-state index contributed by atoms with van der Waals surface area (Å²) in [6, 6.07) is 15.7. The summed E-state index contributed by atoms with van der Waals surface area (Å²) in [5.74, 6) is 0. The highest BCUT2D eigenvalue weighted by Crippen LogP contribution is 2.38. The molecule has 4 heteroatoms. The van der Waals surface area contributed by atoms with Crippen LogP contribution in [0.25, 0.3) is 0 Å². The maximum atomic E-state index is 6.12. The molecule has 4 nitrogen and oxygen atoms in total. The molecular weight excluding hydrogens is 296 g/mol. The van der Waals surface area contributed by atoms with E-state index in [1.807, 2.05) is 48.5 Å². The molecule has 124 valence electrons. The van der Waals surface area contributed by atoms with Gasteiger partial charge in [-0.3, -0.25) is 0 Å². The van der Waals surface area contributed by atoms with Gasteiger partial charge in [0.2, 0.25) is 0 Å². The fraction of sp³-hybridized carbons (Fsp3) is 0.200. The molecule has 0 unspecified atom stereocenters. The summed E-state index contributed by atoms with van der Waals surface area (Å²) in [4.78, 5) is 0. The van der Waals surface area contributed by atoms with Crippen LogP contribution in [0, 0.1) is 0 Å². The Labute approximate surface area is 142 Å². The van der Waals surface area contributed by atoms with Crippen molar-refractivity contribution in [3.05, 3.63) is 84.0 Å². The summed E-state index contributed by atoms with van der Waals surface area (Å²) in [7, 11) is 0. The number of nitrogen functional groups attached to an aromatic ring is 2. The van der Waals surface area contributed by atoms with E-state index in [0.29, 0.717) is 13.1 Å². The number of rotatable bonds is 4. The van der Waals surface area contributed by atoms with Crippen molar-refractivity contribution in [3.63, 3.8) is 0 Å². The molecule has 0 spiro atoms. The highest BCUT2D eigenvalue weighted by Gasteiger charge is 2.34. The van der Waals surface area contributed by atoms with Crippen LogP contribution in [0.4, 0.5) is 11.4 Å². The molecule has 0 fully saturated rings. The van der Waals surface area contributed by atoms with E-state index < -0.39 is 0 Å². The highest BCUT2D eigenvalue weighted by atomic mass is 14.6. The van der Waals surface area contributed by atoms with Gasteiger partial charge in [-0.2, -0.15) is 0 Å². The van der Waals surface area contributed by atoms with Crippen molar-refractivity contribution < 1.29 is 0 Å². The molecule has 0 amide bonds. The van der Waals surface area contributed by atoms with Crippen molar-refractivity contribution in [1.82, 2.24) is 0 Å². The van der Waals surface area contributed by atoms with Crippen molar-refractivity contribution >= 4 is 11.4 Å². The number of nitrogens with two attached hydrogens (primary N) is 4. The Morgan fingerprint density at radius 2 is 0.833 bits per heavy atom. The molecule has 0 atom stereocenters. The van der Waals surface area contributed by atoms with Crippen molar-refractivity contribution in [2.45, 2.75) is 10.8 Å². The molecule has 0 aliphatic heterocycles. The van der Waals surface area contributed by atoms with Gasteiger partial charge in [0.1, 0.15) is 0 Å². The number of benzene rings is 2. The summed E-state index contributed by atoms with van der Waals surface area (Å²) in [5.41, 5.74) is 26.9. The standard InChI is InChI=1S/C20H24N4/c21-13-19(15-1-5-17(23)6-2-15)9-11-20(14-22,12-10-19)16-3-7-18(24)8-4-16/h1-12H,13-14,21-24H2. The van der Waals surface area contributed by atoms with Gasteiger partial charge in [0, 0.05) is 35.3 Å². The Bertz CT molecular complexity index is 678. The lowest BCUT2D eigenvalue weighted by molar-refractivity contribution is 0.602. The Kier molecular flexibility index (Phi) is 4.18. The van der Waals surface area contributed by atoms with Gasteiger partial charge in [-0.25, -0.2) is 0 Å². The maximum absolute atomic E-state index is 6.12. The van der Waals surface area contributed by atoms with Gasteiger partial charge in [0.25, 0.3) is 0 Å². The fourth-order valence-electron chi connectivity index (χ4n) is 3.19. The second kappa shape index (κ2) is 6.15. The molecule has 0 saturated carbocycles. The van der Waals surface area contributed by atoms with Crippen LogP contribution < -0.4 is 22.9 Å². The molecule has 2 aromatic rings. The van der Waals surface area contributed by atoms with Crippen LogP contribution in [-0.2, 0) is 10.8 Å². The van der Waals surface area contributed by atoms with E-state index in [4.69, 9.17) is 22.9 Å². The average Bonchev–Trinajstić information content (AvgIpc) is 2.63. The van der Waals surface area contributed by atoms with E-state index in [-0.39, 0.29) is 10.8 Å². The molecule has 0 heterocycles. The Balaban J connectivity index is 2.00. The van der Waals surface area contributed by atoms with Gasteiger partial charge >= 0.3 is 0 Å².